The summed E-state index contributed by atoms with van der Waals surface area (Å²) in [6.07, 6.45) is 3.84. The second-order valence-corrected chi connectivity index (χ2v) is 6.42. The Labute approximate surface area is 144 Å². The highest BCUT2D eigenvalue weighted by Gasteiger charge is 2.27. The van der Waals surface area contributed by atoms with Crippen molar-refractivity contribution in [1.29, 1.82) is 0 Å². The van der Waals surface area contributed by atoms with Gasteiger partial charge in [-0.2, -0.15) is 0 Å². The minimum absolute atomic E-state index is 0.0367. The van der Waals surface area contributed by atoms with Gasteiger partial charge in [0.05, 0.1) is 18.6 Å². The summed E-state index contributed by atoms with van der Waals surface area (Å²) in [6, 6.07) is 9.02. The van der Waals surface area contributed by atoms with E-state index >= 15 is 0 Å². The molecular weight excluding hydrogens is 304 g/mol. The first-order valence-electron chi connectivity index (χ1n) is 8.85. The summed E-state index contributed by atoms with van der Waals surface area (Å²) in [4.78, 5) is 24.7. The van der Waals surface area contributed by atoms with Gasteiger partial charge in [-0.15, -0.1) is 0 Å². The van der Waals surface area contributed by atoms with Crippen LogP contribution in [0.25, 0.3) is 0 Å². The van der Waals surface area contributed by atoms with Crippen LogP contribution in [0.2, 0.25) is 0 Å². The Balaban J connectivity index is 1.87. The fraction of sp³-hybridized carbons (Fsp3) is 0.579. The van der Waals surface area contributed by atoms with Crippen LogP contribution < -0.4 is 10.6 Å². The standard InChI is InChI=1S/C19H28N2O3/c1-3-8-16(19(23)20-14(2)17-11-7-12-24-17)21-18(22)13-15-9-5-4-6-10-15/h4-6,9-10,14,16-17H,3,7-8,11-13H2,1-2H3,(H,20,23)(H,21,22)/t14-,16-,17-/m0/s1. The number of carbonyl (C=O) groups excluding carboxylic acids is 2. The lowest BCUT2D eigenvalue weighted by Gasteiger charge is -2.24. The number of nitrogens with one attached hydrogen (secondary N) is 2. The Bertz CT molecular complexity index is 527. The van der Waals surface area contributed by atoms with E-state index in [-0.39, 0.29) is 30.4 Å². The van der Waals surface area contributed by atoms with Gasteiger partial charge in [0, 0.05) is 6.61 Å². The van der Waals surface area contributed by atoms with Crippen molar-refractivity contribution >= 4 is 11.8 Å². The third-order valence-corrected chi connectivity index (χ3v) is 4.33. The lowest BCUT2D eigenvalue weighted by Crippen LogP contribution is -2.51. The molecule has 2 rings (SSSR count). The maximum absolute atomic E-state index is 12.5. The molecule has 0 saturated carbocycles. The highest BCUT2D eigenvalue weighted by Crippen LogP contribution is 2.15. The molecule has 1 aliphatic rings. The van der Waals surface area contributed by atoms with Gasteiger partial charge in [-0.3, -0.25) is 9.59 Å². The van der Waals surface area contributed by atoms with Gasteiger partial charge in [-0.1, -0.05) is 43.7 Å². The van der Waals surface area contributed by atoms with Crippen LogP contribution in [0.15, 0.2) is 30.3 Å². The summed E-state index contributed by atoms with van der Waals surface area (Å²) in [5.41, 5.74) is 0.943. The van der Waals surface area contributed by atoms with Crippen molar-refractivity contribution in [3.63, 3.8) is 0 Å². The summed E-state index contributed by atoms with van der Waals surface area (Å²) in [5.74, 6) is -0.249. The second kappa shape index (κ2) is 9.42. The van der Waals surface area contributed by atoms with Crippen LogP contribution in [0.1, 0.15) is 45.1 Å². The lowest BCUT2D eigenvalue weighted by molar-refractivity contribution is -0.129. The van der Waals surface area contributed by atoms with Crippen molar-refractivity contribution in [2.45, 2.75) is 64.1 Å². The largest absolute Gasteiger partial charge is 0.376 e. The Morgan fingerprint density at radius 1 is 1.25 bits per heavy atom. The smallest absolute Gasteiger partial charge is 0.242 e. The van der Waals surface area contributed by atoms with E-state index in [9.17, 15) is 9.59 Å². The molecule has 2 amide bonds. The Kier molecular flexibility index (Phi) is 7.25. The first-order valence-corrected chi connectivity index (χ1v) is 8.85. The molecule has 0 aromatic heterocycles. The van der Waals surface area contributed by atoms with Crippen LogP contribution in [0.4, 0.5) is 0 Å². The Morgan fingerprint density at radius 2 is 2.00 bits per heavy atom. The van der Waals surface area contributed by atoms with Gasteiger partial charge in [-0.25, -0.2) is 0 Å². The number of hydrogen-bond acceptors (Lipinski definition) is 3. The fourth-order valence-corrected chi connectivity index (χ4v) is 3.00. The van der Waals surface area contributed by atoms with Gasteiger partial charge in [0.2, 0.25) is 11.8 Å². The zero-order chi connectivity index (χ0) is 17.4. The van der Waals surface area contributed by atoms with Gasteiger partial charge in [0.15, 0.2) is 0 Å². The average Bonchev–Trinajstić information content (AvgIpc) is 3.10. The third-order valence-electron chi connectivity index (χ3n) is 4.33. The fourth-order valence-electron chi connectivity index (χ4n) is 3.00. The average molecular weight is 332 g/mol. The van der Waals surface area contributed by atoms with Crippen molar-refractivity contribution in [1.82, 2.24) is 10.6 Å². The van der Waals surface area contributed by atoms with Crippen molar-refractivity contribution in [2.24, 2.45) is 0 Å². The summed E-state index contributed by atoms with van der Waals surface area (Å²) in [6.45, 7) is 4.73. The van der Waals surface area contributed by atoms with Crippen LogP contribution in [0, 0.1) is 0 Å². The number of hydrogen-bond donors (Lipinski definition) is 2. The molecule has 0 bridgehead atoms. The van der Waals surface area contributed by atoms with E-state index in [1.807, 2.05) is 44.2 Å². The molecule has 0 spiro atoms. The quantitative estimate of drug-likeness (QED) is 0.767. The van der Waals surface area contributed by atoms with Crippen LogP contribution in [-0.2, 0) is 20.7 Å². The highest BCUT2D eigenvalue weighted by atomic mass is 16.5. The van der Waals surface area contributed by atoms with Crippen molar-refractivity contribution in [3.05, 3.63) is 35.9 Å². The number of amides is 2. The normalized spacial score (nSPS) is 19.5. The number of benzene rings is 1. The van der Waals surface area contributed by atoms with E-state index in [0.717, 1.165) is 31.4 Å². The molecule has 1 heterocycles. The van der Waals surface area contributed by atoms with E-state index in [2.05, 4.69) is 10.6 Å². The molecule has 1 fully saturated rings. The van der Waals surface area contributed by atoms with Crippen molar-refractivity contribution < 1.29 is 14.3 Å². The predicted octanol–water partition coefficient (Wildman–Crippen LogP) is 2.20. The molecule has 24 heavy (non-hydrogen) atoms. The van der Waals surface area contributed by atoms with E-state index in [1.165, 1.54) is 0 Å². The molecule has 0 unspecified atom stereocenters. The summed E-state index contributed by atoms with van der Waals surface area (Å²) in [5, 5.41) is 5.87. The molecule has 132 valence electrons. The summed E-state index contributed by atoms with van der Waals surface area (Å²) >= 11 is 0. The number of ether oxygens (including phenoxy) is 1. The predicted molar refractivity (Wildman–Crippen MR) is 93.6 cm³/mol. The topological polar surface area (TPSA) is 67.4 Å². The van der Waals surface area contributed by atoms with Gasteiger partial charge in [0.1, 0.15) is 6.04 Å². The number of rotatable bonds is 8. The first kappa shape index (κ1) is 18.5. The lowest BCUT2D eigenvalue weighted by atomic mass is 10.1. The SMILES string of the molecule is CCC[C@H](NC(=O)Cc1ccccc1)C(=O)N[C@@H](C)[C@@H]1CCCO1. The van der Waals surface area contributed by atoms with Crippen molar-refractivity contribution in [2.75, 3.05) is 6.61 Å². The summed E-state index contributed by atoms with van der Waals surface area (Å²) < 4.78 is 5.61. The van der Waals surface area contributed by atoms with Gasteiger partial charge < -0.3 is 15.4 Å². The molecule has 5 heteroatoms. The Hall–Kier alpha value is -1.88. The molecule has 1 aliphatic heterocycles. The minimum Gasteiger partial charge on any atom is -0.376 e. The Morgan fingerprint density at radius 3 is 2.62 bits per heavy atom. The van der Waals surface area contributed by atoms with Crippen LogP contribution >= 0.6 is 0 Å². The van der Waals surface area contributed by atoms with E-state index in [1.54, 1.807) is 0 Å². The zero-order valence-corrected chi connectivity index (χ0v) is 14.6. The third kappa shape index (κ3) is 5.64. The van der Waals surface area contributed by atoms with Crippen LogP contribution in [-0.4, -0.2) is 36.6 Å². The molecule has 1 aromatic carbocycles. The summed E-state index contributed by atoms with van der Waals surface area (Å²) in [7, 11) is 0. The zero-order valence-electron chi connectivity index (χ0n) is 14.6. The van der Waals surface area contributed by atoms with Gasteiger partial charge in [-0.05, 0) is 31.7 Å². The van der Waals surface area contributed by atoms with Gasteiger partial charge in [0.25, 0.3) is 0 Å². The van der Waals surface area contributed by atoms with E-state index in [4.69, 9.17) is 4.74 Å². The highest BCUT2D eigenvalue weighted by molar-refractivity contribution is 5.88. The van der Waals surface area contributed by atoms with Gasteiger partial charge >= 0.3 is 0 Å². The van der Waals surface area contributed by atoms with Crippen LogP contribution in [0.3, 0.4) is 0 Å². The molecule has 0 radical (unpaired) electrons. The molecule has 3 atom stereocenters. The molecule has 1 aromatic rings. The molecule has 5 nitrogen and oxygen atoms in total. The first-order chi connectivity index (χ1) is 11.6. The molecule has 0 aliphatic carbocycles. The molecule has 2 N–H and O–H groups in total. The van der Waals surface area contributed by atoms with E-state index in [0.29, 0.717) is 6.42 Å². The van der Waals surface area contributed by atoms with E-state index < -0.39 is 6.04 Å². The number of carbonyl (C=O) groups is 2. The molecular formula is C19H28N2O3. The minimum atomic E-state index is -0.491. The maximum atomic E-state index is 12.5. The monoisotopic (exact) mass is 332 g/mol. The van der Waals surface area contributed by atoms with Crippen LogP contribution in [0.5, 0.6) is 0 Å². The van der Waals surface area contributed by atoms with Crippen molar-refractivity contribution in [3.8, 4) is 0 Å². The molecule has 1 saturated heterocycles. The second-order valence-electron chi connectivity index (χ2n) is 6.42. The maximum Gasteiger partial charge on any atom is 0.242 e.